The molecular formula is C16H17N5O2S. The van der Waals surface area contributed by atoms with Crippen LogP contribution in [0.5, 0.6) is 0 Å². The largest absolute Gasteiger partial charge is 0.375 e. The second kappa shape index (κ2) is 7.22. The van der Waals surface area contributed by atoms with Crippen LogP contribution in [0.25, 0.3) is 11.0 Å². The third-order valence-corrected chi connectivity index (χ3v) is 4.25. The zero-order valence-electron chi connectivity index (χ0n) is 12.9. The molecular weight excluding hydrogens is 326 g/mol. The van der Waals surface area contributed by atoms with Crippen LogP contribution in [0.15, 0.2) is 34.4 Å². The van der Waals surface area contributed by atoms with Crippen LogP contribution in [-0.2, 0) is 17.6 Å². The Kier molecular flexibility index (Phi) is 4.85. The van der Waals surface area contributed by atoms with E-state index in [1.54, 1.807) is 6.07 Å². The highest BCUT2D eigenvalue weighted by molar-refractivity contribution is 7.13. The Morgan fingerprint density at radius 3 is 2.88 bits per heavy atom. The number of benzene rings is 1. The van der Waals surface area contributed by atoms with E-state index in [1.165, 1.54) is 11.3 Å². The van der Waals surface area contributed by atoms with Crippen molar-refractivity contribution in [2.24, 2.45) is 0 Å². The number of nitrogens with one attached hydrogen (secondary N) is 2. The number of hydrogen-bond donors (Lipinski definition) is 3. The van der Waals surface area contributed by atoms with E-state index in [9.17, 15) is 9.59 Å². The molecule has 0 fully saturated rings. The normalized spacial score (nSPS) is 10.8. The second-order valence-electron chi connectivity index (χ2n) is 5.31. The van der Waals surface area contributed by atoms with Gasteiger partial charge >= 0.3 is 0 Å². The van der Waals surface area contributed by atoms with Gasteiger partial charge in [0.05, 0.1) is 16.7 Å². The molecule has 7 nitrogen and oxygen atoms in total. The molecule has 24 heavy (non-hydrogen) atoms. The number of thiazole rings is 1. The molecule has 3 aromatic rings. The summed E-state index contributed by atoms with van der Waals surface area (Å²) >= 11 is 1.38. The number of rotatable bonds is 6. The highest BCUT2D eigenvalue weighted by atomic mass is 32.1. The van der Waals surface area contributed by atoms with Gasteiger partial charge in [0, 0.05) is 31.2 Å². The van der Waals surface area contributed by atoms with Crippen LogP contribution in [0.3, 0.4) is 0 Å². The third kappa shape index (κ3) is 3.96. The molecule has 0 aliphatic rings. The van der Waals surface area contributed by atoms with Gasteiger partial charge in [-0.3, -0.25) is 9.59 Å². The van der Waals surface area contributed by atoms with E-state index in [0.717, 1.165) is 5.69 Å². The number of nitrogens with zero attached hydrogens (tertiary/aromatic N) is 2. The molecule has 0 radical (unpaired) electrons. The molecule has 0 aliphatic carbocycles. The average Bonchev–Trinajstić information content (AvgIpc) is 2.98. The molecule has 0 saturated heterocycles. The van der Waals surface area contributed by atoms with Crippen LogP contribution < -0.4 is 16.6 Å². The van der Waals surface area contributed by atoms with Gasteiger partial charge in [-0.15, -0.1) is 11.3 Å². The van der Waals surface area contributed by atoms with E-state index in [0.29, 0.717) is 41.2 Å². The summed E-state index contributed by atoms with van der Waals surface area (Å²) in [5.74, 6) is -0.118. The van der Waals surface area contributed by atoms with Crippen LogP contribution in [0.1, 0.15) is 17.8 Å². The number of aryl methyl sites for hydroxylation is 1. The smallest absolute Gasteiger partial charge is 0.270 e. The van der Waals surface area contributed by atoms with Crippen LogP contribution in [0.2, 0.25) is 0 Å². The molecule has 8 heteroatoms. The average molecular weight is 343 g/mol. The van der Waals surface area contributed by atoms with E-state index in [4.69, 9.17) is 5.73 Å². The third-order valence-electron chi connectivity index (χ3n) is 3.53. The van der Waals surface area contributed by atoms with E-state index in [-0.39, 0.29) is 17.9 Å². The number of hydrogen-bond acceptors (Lipinski definition) is 6. The Morgan fingerprint density at radius 2 is 2.08 bits per heavy atom. The highest BCUT2D eigenvalue weighted by Crippen LogP contribution is 2.11. The van der Waals surface area contributed by atoms with Gasteiger partial charge in [0.2, 0.25) is 5.91 Å². The van der Waals surface area contributed by atoms with Gasteiger partial charge in [-0.2, -0.15) is 0 Å². The number of H-pyrrole nitrogens is 1. The zero-order valence-corrected chi connectivity index (χ0v) is 13.7. The van der Waals surface area contributed by atoms with E-state index < -0.39 is 0 Å². The molecule has 0 aliphatic heterocycles. The van der Waals surface area contributed by atoms with Gasteiger partial charge in [0.15, 0.2) is 5.13 Å². The summed E-state index contributed by atoms with van der Waals surface area (Å²) < 4.78 is 0. The molecule has 0 atom stereocenters. The van der Waals surface area contributed by atoms with Crippen LogP contribution in [0, 0.1) is 0 Å². The highest BCUT2D eigenvalue weighted by Gasteiger charge is 2.08. The quantitative estimate of drug-likeness (QED) is 0.623. The number of amides is 1. The van der Waals surface area contributed by atoms with Crippen molar-refractivity contribution in [1.29, 1.82) is 0 Å². The Bertz CT molecular complexity index is 918. The second-order valence-corrected chi connectivity index (χ2v) is 6.20. The molecule has 0 saturated carbocycles. The summed E-state index contributed by atoms with van der Waals surface area (Å²) in [5.41, 5.74) is 7.95. The zero-order chi connectivity index (χ0) is 16.9. The van der Waals surface area contributed by atoms with Crippen LogP contribution >= 0.6 is 11.3 Å². The van der Waals surface area contributed by atoms with Gasteiger partial charge in [-0.25, -0.2) is 9.97 Å². The fourth-order valence-electron chi connectivity index (χ4n) is 2.32. The Labute approximate surface area is 142 Å². The summed E-state index contributed by atoms with van der Waals surface area (Å²) in [7, 11) is 0. The lowest BCUT2D eigenvalue weighted by Crippen LogP contribution is -2.27. The topological polar surface area (TPSA) is 114 Å². The molecule has 1 amide bonds. The summed E-state index contributed by atoms with van der Waals surface area (Å²) in [6, 6.07) is 7.32. The van der Waals surface area contributed by atoms with Crippen molar-refractivity contribution in [3.63, 3.8) is 0 Å². The SMILES string of the molecule is Nc1nc(CCNC(=O)CCc2nc3ccccc3[nH]c2=O)cs1. The fourth-order valence-corrected chi connectivity index (χ4v) is 2.92. The number of carbonyl (C=O) groups excluding carboxylic acids is 1. The molecule has 4 N–H and O–H groups in total. The number of fused-ring (bicyclic) bond motifs is 1. The number of nitrogens with two attached hydrogens (primary N) is 1. The molecule has 2 heterocycles. The Balaban J connectivity index is 1.52. The van der Waals surface area contributed by atoms with Crippen molar-refractivity contribution in [3.8, 4) is 0 Å². The first kappa shape index (κ1) is 16.1. The van der Waals surface area contributed by atoms with Crippen molar-refractivity contribution in [3.05, 3.63) is 51.4 Å². The van der Waals surface area contributed by atoms with E-state index in [2.05, 4.69) is 20.3 Å². The van der Waals surface area contributed by atoms with Crippen molar-refractivity contribution >= 4 is 33.4 Å². The predicted molar refractivity (Wildman–Crippen MR) is 93.9 cm³/mol. The van der Waals surface area contributed by atoms with Gasteiger partial charge < -0.3 is 16.0 Å². The van der Waals surface area contributed by atoms with Crippen molar-refractivity contribution < 1.29 is 4.79 Å². The Morgan fingerprint density at radius 1 is 1.25 bits per heavy atom. The van der Waals surface area contributed by atoms with Crippen molar-refractivity contribution in [2.45, 2.75) is 19.3 Å². The minimum absolute atomic E-state index is 0.118. The molecule has 2 aromatic heterocycles. The molecule has 0 spiro atoms. The monoisotopic (exact) mass is 343 g/mol. The predicted octanol–water partition coefficient (Wildman–Crippen LogP) is 1.25. The first-order chi connectivity index (χ1) is 11.6. The van der Waals surface area contributed by atoms with Gasteiger partial charge in [-0.05, 0) is 12.1 Å². The molecule has 1 aromatic carbocycles. The van der Waals surface area contributed by atoms with Crippen LogP contribution in [0.4, 0.5) is 5.13 Å². The van der Waals surface area contributed by atoms with E-state index in [1.807, 2.05) is 23.6 Å². The summed E-state index contributed by atoms with van der Waals surface area (Å²) in [5, 5.41) is 5.21. The van der Waals surface area contributed by atoms with Crippen molar-refractivity contribution in [1.82, 2.24) is 20.3 Å². The lowest BCUT2D eigenvalue weighted by molar-refractivity contribution is -0.121. The number of anilines is 1. The maximum absolute atomic E-state index is 12.0. The van der Waals surface area contributed by atoms with Crippen LogP contribution in [-0.4, -0.2) is 27.4 Å². The number of para-hydroxylation sites is 2. The Hall–Kier alpha value is -2.74. The summed E-state index contributed by atoms with van der Waals surface area (Å²) in [6.45, 7) is 0.490. The number of aromatic nitrogens is 3. The fraction of sp³-hybridized carbons (Fsp3) is 0.250. The lowest BCUT2D eigenvalue weighted by Gasteiger charge is -2.04. The standard InChI is InChI=1S/C16H17N5O2S/c17-16-19-10(9-24-16)7-8-18-14(22)6-5-13-15(23)21-12-4-2-1-3-11(12)20-13/h1-4,9H,5-8H2,(H2,17,19)(H,18,22)(H,21,23). The molecule has 0 bridgehead atoms. The first-order valence-electron chi connectivity index (χ1n) is 7.56. The number of nitrogen functional groups attached to an aromatic ring is 1. The van der Waals surface area contributed by atoms with Crippen molar-refractivity contribution in [2.75, 3.05) is 12.3 Å². The number of aromatic amines is 1. The first-order valence-corrected chi connectivity index (χ1v) is 8.44. The maximum atomic E-state index is 12.0. The van der Waals surface area contributed by atoms with Gasteiger partial charge in [0.1, 0.15) is 5.69 Å². The van der Waals surface area contributed by atoms with E-state index >= 15 is 0 Å². The maximum Gasteiger partial charge on any atom is 0.270 e. The number of carbonyl (C=O) groups is 1. The molecule has 0 unspecified atom stereocenters. The van der Waals surface area contributed by atoms with Gasteiger partial charge in [0.25, 0.3) is 5.56 Å². The molecule has 124 valence electrons. The lowest BCUT2D eigenvalue weighted by atomic mass is 10.2. The molecule has 3 rings (SSSR count). The van der Waals surface area contributed by atoms with Gasteiger partial charge in [-0.1, -0.05) is 12.1 Å². The minimum atomic E-state index is -0.251. The minimum Gasteiger partial charge on any atom is -0.375 e. The summed E-state index contributed by atoms with van der Waals surface area (Å²) in [4.78, 5) is 35.1. The summed E-state index contributed by atoms with van der Waals surface area (Å²) in [6.07, 6.45) is 1.15.